The second kappa shape index (κ2) is 9.93. The highest BCUT2D eigenvalue weighted by atomic mass is 19.1. The molecule has 1 aromatic heterocycles. The summed E-state index contributed by atoms with van der Waals surface area (Å²) in [5.41, 5.74) is 1.87. The van der Waals surface area contributed by atoms with Crippen LogP contribution in [0.25, 0.3) is 0 Å². The van der Waals surface area contributed by atoms with Crippen LogP contribution < -0.4 is 19.5 Å². The summed E-state index contributed by atoms with van der Waals surface area (Å²) in [5, 5.41) is 2.89. The fourth-order valence-corrected chi connectivity index (χ4v) is 3.14. The third-order valence-electron chi connectivity index (χ3n) is 4.76. The van der Waals surface area contributed by atoms with Gasteiger partial charge in [-0.3, -0.25) is 4.79 Å². The van der Waals surface area contributed by atoms with Crippen molar-refractivity contribution < 1.29 is 23.4 Å². The van der Waals surface area contributed by atoms with Crippen LogP contribution in [-0.4, -0.2) is 24.1 Å². The van der Waals surface area contributed by atoms with Gasteiger partial charge in [-0.15, -0.1) is 0 Å². The van der Waals surface area contributed by atoms with E-state index in [4.69, 9.17) is 14.2 Å². The number of rotatable bonds is 7. The molecule has 0 spiro atoms. The molecule has 160 valence electrons. The lowest BCUT2D eigenvalue weighted by molar-refractivity contribution is -0.121. The van der Waals surface area contributed by atoms with E-state index in [1.807, 2.05) is 24.3 Å². The van der Waals surface area contributed by atoms with Crippen molar-refractivity contribution in [3.63, 3.8) is 0 Å². The molecule has 31 heavy (non-hydrogen) atoms. The predicted octanol–water partition coefficient (Wildman–Crippen LogP) is 4.42. The minimum atomic E-state index is -0.372. The molecule has 0 fully saturated rings. The van der Waals surface area contributed by atoms with Crippen LogP contribution in [0.2, 0.25) is 0 Å². The summed E-state index contributed by atoms with van der Waals surface area (Å²) >= 11 is 0. The number of nitrogens with zero attached hydrogens (tertiary/aromatic N) is 1. The Hall–Kier alpha value is -3.61. The Morgan fingerprint density at radius 3 is 2.68 bits per heavy atom. The summed E-state index contributed by atoms with van der Waals surface area (Å²) in [7, 11) is 0. The quantitative estimate of drug-likeness (QED) is 0.610. The van der Waals surface area contributed by atoms with Crippen molar-refractivity contribution in [2.24, 2.45) is 0 Å². The molecule has 0 aliphatic carbocycles. The standard InChI is InChI=1S/C24H23FN2O4/c25-19-3-1-4-20(14-19)31-24-10-7-18(16-27-24)15-26-23(28)9-6-17-5-8-21-22(13-17)30-12-2-11-29-21/h1,3-5,7-8,10,13-14,16H,2,6,9,11-12,15H2,(H,26,28). The van der Waals surface area contributed by atoms with Gasteiger partial charge in [-0.2, -0.15) is 0 Å². The van der Waals surface area contributed by atoms with Crippen molar-refractivity contribution in [3.05, 3.63) is 77.7 Å². The lowest BCUT2D eigenvalue weighted by atomic mass is 10.1. The van der Waals surface area contributed by atoms with Crippen LogP contribution in [-0.2, 0) is 17.8 Å². The molecule has 1 amide bonds. The lowest BCUT2D eigenvalue weighted by Gasteiger charge is -2.10. The molecule has 6 nitrogen and oxygen atoms in total. The molecule has 0 radical (unpaired) electrons. The Labute approximate surface area is 180 Å². The Bertz CT molecular complexity index is 1040. The highest BCUT2D eigenvalue weighted by Gasteiger charge is 2.11. The normalized spacial score (nSPS) is 12.7. The van der Waals surface area contributed by atoms with Crippen molar-refractivity contribution >= 4 is 5.91 Å². The van der Waals surface area contributed by atoms with Crippen LogP contribution >= 0.6 is 0 Å². The Morgan fingerprint density at radius 2 is 1.87 bits per heavy atom. The average Bonchev–Trinajstić information content (AvgIpc) is 3.02. The van der Waals surface area contributed by atoms with Crippen molar-refractivity contribution in [2.75, 3.05) is 13.2 Å². The summed E-state index contributed by atoms with van der Waals surface area (Å²) in [6.45, 7) is 1.66. The van der Waals surface area contributed by atoms with Gasteiger partial charge in [0.15, 0.2) is 11.5 Å². The fourth-order valence-electron chi connectivity index (χ4n) is 3.14. The maximum absolute atomic E-state index is 13.2. The molecule has 4 rings (SSSR count). The Morgan fingerprint density at radius 1 is 1.03 bits per heavy atom. The highest BCUT2D eigenvalue weighted by Crippen LogP contribution is 2.30. The maximum Gasteiger partial charge on any atom is 0.220 e. The molecule has 1 aliphatic rings. The molecular formula is C24H23FN2O4. The topological polar surface area (TPSA) is 69.7 Å². The minimum Gasteiger partial charge on any atom is -0.490 e. The van der Waals surface area contributed by atoms with Gasteiger partial charge >= 0.3 is 0 Å². The zero-order valence-electron chi connectivity index (χ0n) is 17.0. The largest absolute Gasteiger partial charge is 0.490 e. The molecule has 0 bridgehead atoms. The highest BCUT2D eigenvalue weighted by molar-refractivity contribution is 5.76. The Kier molecular flexibility index (Phi) is 6.62. The molecule has 2 heterocycles. The second-order valence-electron chi connectivity index (χ2n) is 7.17. The molecule has 0 saturated heterocycles. The molecule has 7 heteroatoms. The number of halogens is 1. The molecule has 2 aromatic carbocycles. The summed E-state index contributed by atoms with van der Waals surface area (Å²) < 4.78 is 30.1. The first kappa shape index (κ1) is 20.7. The van der Waals surface area contributed by atoms with Gasteiger partial charge in [0.1, 0.15) is 11.6 Å². The summed E-state index contributed by atoms with van der Waals surface area (Å²) in [6.07, 6.45) is 3.47. The second-order valence-corrected chi connectivity index (χ2v) is 7.17. The first-order chi connectivity index (χ1) is 15.2. The van der Waals surface area contributed by atoms with E-state index in [0.717, 1.165) is 29.0 Å². The van der Waals surface area contributed by atoms with Gasteiger partial charge < -0.3 is 19.5 Å². The SMILES string of the molecule is O=C(CCc1ccc2c(c1)OCCCO2)NCc1ccc(Oc2cccc(F)c2)nc1. The first-order valence-corrected chi connectivity index (χ1v) is 10.2. The molecule has 3 aromatic rings. The number of aromatic nitrogens is 1. The number of benzene rings is 2. The zero-order valence-corrected chi connectivity index (χ0v) is 17.0. The fraction of sp³-hybridized carbons (Fsp3) is 0.250. The van der Waals surface area contributed by atoms with E-state index in [1.165, 1.54) is 12.1 Å². The van der Waals surface area contributed by atoms with Crippen molar-refractivity contribution in [1.29, 1.82) is 0 Å². The third kappa shape index (κ3) is 5.94. The summed E-state index contributed by atoms with van der Waals surface area (Å²) in [4.78, 5) is 16.4. The molecule has 1 N–H and O–H groups in total. The number of ether oxygens (including phenoxy) is 3. The minimum absolute atomic E-state index is 0.0489. The molecule has 1 aliphatic heterocycles. The number of hydrogen-bond donors (Lipinski definition) is 1. The van der Waals surface area contributed by atoms with Gasteiger partial charge in [-0.25, -0.2) is 9.37 Å². The summed E-state index contributed by atoms with van der Waals surface area (Å²) in [6, 6.07) is 15.2. The smallest absolute Gasteiger partial charge is 0.220 e. The average molecular weight is 422 g/mol. The monoisotopic (exact) mass is 422 g/mol. The number of hydrogen-bond acceptors (Lipinski definition) is 5. The lowest BCUT2D eigenvalue weighted by Crippen LogP contribution is -2.23. The maximum atomic E-state index is 13.2. The van der Waals surface area contributed by atoms with Gasteiger partial charge in [-0.05, 0) is 41.8 Å². The van der Waals surface area contributed by atoms with Gasteiger partial charge in [0.05, 0.1) is 13.2 Å². The van der Waals surface area contributed by atoms with E-state index < -0.39 is 0 Å². The third-order valence-corrected chi connectivity index (χ3v) is 4.76. The van der Waals surface area contributed by atoms with Crippen LogP contribution in [0.1, 0.15) is 24.0 Å². The summed E-state index contributed by atoms with van der Waals surface area (Å²) in [5.74, 6) is 1.80. The number of carbonyl (C=O) groups excluding carboxylic acids is 1. The predicted molar refractivity (Wildman–Crippen MR) is 113 cm³/mol. The molecule has 0 unspecified atom stereocenters. The van der Waals surface area contributed by atoms with E-state index in [9.17, 15) is 9.18 Å². The van der Waals surface area contributed by atoms with Crippen LogP contribution in [0, 0.1) is 5.82 Å². The van der Waals surface area contributed by atoms with Crippen LogP contribution in [0.4, 0.5) is 4.39 Å². The number of carbonyl (C=O) groups is 1. The van der Waals surface area contributed by atoms with Gasteiger partial charge in [-0.1, -0.05) is 18.2 Å². The first-order valence-electron chi connectivity index (χ1n) is 10.2. The molecule has 0 saturated carbocycles. The van der Waals surface area contributed by atoms with Crippen molar-refractivity contribution in [2.45, 2.75) is 25.8 Å². The van der Waals surface area contributed by atoms with Crippen LogP contribution in [0.5, 0.6) is 23.1 Å². The van der Waals surface area contributed by atoms with E-state index >= 15 is 0 Å². The molecule has 0 atom stereocenters. The van der Waals surface area contributed by atoms with E-state index in [0.29, 0.717) is 44.2 Å². The van der Waals surface area contributed by atoms with Crippen LogP contribution in [0.15, 0.2) is 60.8 Å². The van der Waals surface area contributed by atoms with E-state index in [1.54, 1.807) is 24.4 Å². The Balaban J connectivity index is 1.24. The number of pyridine rings is 1. The van der Waals surface area contributed by atoms with Gasteiger partial charge in [0, 0.05) is 37.7 Å². The van der Waals surface area contributed by atoms with E-state index in [2.05, 4.69) is 10.3 Å². The number of aryl methyl sites for hydroxylation is 1. The van der Waals surface area contributed by atoms with E-state index in [-0.39, 0.29) is 11.7 Å². The number of fused-ring (bicyclic) bond motifs is 1. The van der Waals surface area contributed by atoms with Gasteiger partial charge in [0.2, 0.25) is 11.8 Å². The van der Waals surface area contributed by atoms with Crippen molar-refractivity contribution in [3.8, 4) is 23.1 Å². The zero-order chi connectivity index (χ0) is 21.5. The molecular weight excluding hydrogens is 399 g/mol. The van der Waals surface area contributed by atoms with Crippen LogP contribution in [0.3, 0.4) is 0 Å². The van der Waals surface area contributed by atoms with Crippen molar-refractivity contribution in [1.82, 2.24) is 10.3 Å². The number of nitrogens with one attached hydrogen (secondary N) is 1. The van der Waals surface area contributed by atoms with Gasteiger partial charge in [0.25, 0.3) is 0 Å². The number of amides is 1.